The smallest absolute Gasteiger partial charge is 0.317 e. The summed E-state index contributed by atoms with van der Waals surface area (Å²) in [7, 11) is 1.26. The number of esters is 1. The van der Waals surface area contributed by atoms with E-state index in [0.29, 0.717) is 11.1 Å². The van der Waals surface area contributed by atoms with Gasteiger partial charge in [0.15, 0.2) is 0 Å². The molecule has 5 heteroatoms. The van der Waals surface area contributed by atoms with E-state index in [1.54, 1.807) is 6.07 Å². The normalized spacial score (nSPS) is 9.37. The number of aryl methyl sites for hydroxylation is 1. The number of rotatable bonds is 4. The summed E-state index contributed by atoms with van der Waals surface area (Å²) in [6.45, 7) is 0. The van der Waals surface area contributed by atoms with Crippen molar-refractivity contribution in [2.75, 3.05) is 7.11 Å². The molecule has 0 spiro atoms. The van der Waals surface area contributed by atoms with Gasteiger partial charge >= 0.3 is 11.9 Å². The maximum Gasteiger partial charge on any atom is 0.317 e. The lowest BCUT2D eigenvalue weighted by Crippen LogP contribution is -1.99. The van der Waals surface area contributed by atoms with Crippen molar-refractivity contribution in [3.8, 4) is 11.8 Å². The predicted molar refractivity (Wildman–Crippen MR) is 65.9 cm³/mol. The molecule has 0 aliphatic rings. The molecule has 1 N–H and O–H groups in total. The monoisotopic (exact) mass is 264 g/mol. The van der Waals surface area contributed by atoms with Gasteiger partial charge < -0.3 is 9.84 Å². The zero-order valence-corrected chi connectivity index (χ0v) is 10.4. The van der Waals surface area contributed by atoms with Crippen LogP contribution >= 0.6 is 0 Å². The zero-order chi connectivity index (χ0) is 14.3. The number of carbonyl (C=O) groups excluding carboxylic acids is 1. The fraction of sp³-hybridized carbons (Fsp3) is 0.286. The van der Waals surface area contributed by atoms with Crippen molar-refractivity contribution >= 4 is 11.9 Å². The molecule has 1 aromatic carbocycles. The van der Waals surface area contributed by atoms with Crippen LogP contribution in [0.25, 0.3) is 0 Å². The van der Waals surface area contributed by atoms with Crippen LogP contribution in [-0.2, 0) is 20.7 Å². The number of carbonyl (C=O) groups is 2. The molecule has 0 radical (unpaired) electrons. The van der Waals surface area contributed by atoms with E-state index in [1.165, 1.54) is 19.2 Å². The van der Waals surface area contributed by atoms with Crippen molar-refractivity contribution in [1.82, 2.24) is 0 Å². The van der Waals surface area contributed by atoms with Gasteiger partial charge in [-0.25, -0.2) is 4.39 Å². The van der Waals surface area contributed by atoms with Crippen LogP contribution in [0, 0.1) is 17.7 Å². The Bertz CT molecular complexity index is 540. The number of benzene rings is 1. The predicted octanol–water partition coefficient (Wildman–Crippen LogP) is 1.76. The van der Waals surface area contributed by atoms with Crippen LogP contribution in [0.3, 0.4) is 0 Å². The molecule has 0 unspecified atom stereocenters. The second-order valence-electron chi connectivity index (χ2n) is 3.75. The number of methoxy groups -OCH3 is 1. The van der Waals surface area contributed by atoms with Crippen LogP contribution in [0.2, 0.25) is 0 Å². The van der Waals surface area contributed by atoms with Gasteiger partial charge in [0.1, 0.15) is 12.2 Å². The minimum atomic E-state index is -0.971. The van der Waals surface area contributed by atoms with Crippen molar-refractivity contribution in [2.24, 2.45) is 0 Å². The number of hydrogen-bond acceptors (Lipinski definition) is 3. The molecule has 1 aromatic rings. The summed E-state index contributed by atoms with van der Waals surface area (Å²) in [6, 6.07) is 4.31. The number of aliphatic carboxylic acids is 1. The van der Waals surface area contributed by atoms with Crippen molar-refractivity contribution in [1.29, 1.82) is 0 Å². The van der Waals surface area contributed by atoms with Crippen LogP contribution in [0.4, 0.5) is 4.39 Å². The van der Waals surface area contributed by atoms with Gasteiger partial charge in [-0.05, 0) is 24.1 Å². The van der Waals surface area contributed by atoms with E-state index >= 15 is 0 Å². The molecular weight excluding hydrogens is 251 g/mol. The van der Waals surface area contributed by atoms with Crippen molar-refractivity contribution in [3.63, 3.8) is 0 Å². The molecule has 0 amide bonds. The molecule has 0 atom stereocenters. The van der Waals surface area contributed by atoms with Crippen LogP contribution in [0.15, 0.2) is 18.2 Å². The van der Waals surface area contributed by atoms with Gasteiger partial charge in [0.05, 0.1) is 7.11 Å². The quantitative estimate of drug-likeness (QED) is 0.664. The molecule has 0 bridgehead atoms. The molecule has 4 nitrogen and oxygen atoms in total. The van der Waals surface area contributed by atoms with Crippen LogP contribution < -0.4 is 0 Å². The highest BCUT2D eigenvalue weighted by molar-refractivity contribution is 5.72. The molecule has 0 aromatic heterocycles. The molecular formula is C14H13FO4. The Balaban J connectivity index is 2.71. The van der Waals surface area contributed by atoms with Gasteiger partial charge in [0.25, 0.3) is 0 Å². The average Bonchev–Trinajstić information content (AvgIpc) is 2.37. The van der Waals surface area contributed by atoms with Gasteiger partial charge in [0, 0.05) is 12.0 Å². The standard InChI is InChI=1S/C14H13FO4/c1-19-14(18)4-2-3-10-5-6-11(12(15)9-10)7-8-13(16)17/h5-6,9H,4,7-8H2,1H3,(H,16,17). The first-order valence-electron chi connectivity index (χ1n) is 5.59. The van der Waals surface area contributed by atoms with E-state index in [1.807, 2.05) is 0 Å². The van der Waals surface area contributed by atoms with Crippen molar-refractivity contribution < 1.29 is 23.8 Å². The molecule has 19 heavy (non-hydrogen) atoms. The van der Waals surface area contributed by atoms with Crippen molar-refractivity contribution in [3.05, 3.63) is 35.1 Å². The summed E-state index contributed by atoms with van der Waals surface area (Å²) in [6.07, 6.45) is -0.0415. The number of carboxylic acid groups (broad SMARTS) is 1. The average molecular weight is 264 g/mol. The molecule has 0 heterocycles. The molecule has 100 valence electrons. The highest BCUT2D eigenvalue weighted by Gasteiger charge is 2.05. The van der Waals surface area contributed by atoms with E-state index in [0.717, 1.165) is 0 Å². The summed E-state index contributed by atoms with van der Waals surface area (Å²) in [5, 5.41) is 8.52. The van der Waals surface area contributed by atoms with Gasteiger partial charge in [-0.3, -0.25) is 9.59 Å². The first-order valence-corrected chi connectivity index (χ1v) is 5.59. The molecule has 0 fully saturated rings. The molecule has 0 saturated heterocycles. The summed E-state index contributed by atoms with van der Waals surface area (Å²) in [5.41, 5.74) is 0.765. The van der Waals surface area contributed by atoms with Crippen LogP contribution in [0.1, 0.15) is 24.0 Å². The summed E-state index contributed by atoms with van der Waals surface area (Å²) >= 11 is 0. The Morgan fingerprint density at radius 2 is 2.16 bits per heavy atom. The third-order valence-corrected chi connectivity index (χ3v) is 2.35. The Kier molecular flexibility index (Phi) is 5.55. The number of ether oxygens (including phenoxy) is 1. The van der Waals surface area contributed by atoms with Gasteiger partial charge in [0.2, 0.25) is 0 Å². The minimum Gasteiger partial charge on any atom is -0.481 e. The van der Waals surface area contributed by atoms with E-state index in [4.69, 9.17) is 5.11 Å². The summed E-state index contributed by atoms with van der Waals surface area (Å²) < 4.78 is 18.0. The van der Waals surface area contributed by atoms with Gasteiger partial charge in [-0.2, -0.15) is 0 Å². The largest absolute Gasteiger partial charge is 0.481 e. The first kappa shape index (κ1) is 14.7. The maximum absolute atomic E-state index is 13.6. The van der Waals surface area contributed by atoms with E-state index in [9.17, 15) is 14.0 Å². The molecule has 0 saturated carbocycles. The lowest BCUT2D eigenvalue weighted by atomic mass is 10.1. The Labute approximate surface area is 110 Å². The fourth-order valence-corrected chi connectivity index (χ4v) is 1.36. The van der Waals surface area contributed by atoms with E-state index in [-0.39, 0.29) is 19.3 Å². The Hall–Kier alpha value is -2.35. The molecule has 0 aliphatic carbocycles. The maximum atomic E-state index is 13.6. The number of halogens is 1. The topological polar surface area (TPSA) is 63.6 Å². The number of carboxylic acids is 1. The molecule has 0 aliphatic heterocycles. The van der Waals surface area contributed by atoms with Crippen LogP contribution in [0.5, 0.6) is 0 Å². The second-order valence-corrected chi connectivity index (χ2v) is 3.75. The van der Waals surface area contributed by atoms with Gasteiger partial charge in [-0.1, -0.05) is 17.9 Å². The highest BCUT2D eigenvalue weighted by atomic mass is 19.1. The lowest BCUT2D eigenvalue weighted by Gasteiger charge is -2.01. The summed E-state index contributed by atoms with van der Waals surface area (Å²) in [4.78, 5) is 21.2. The second kappa shape index (κ2) is 7.17. The Morgan fingerprint density at radius 1 is 1.42 bits per heavy atom. The van der Waals surface area contributed by atoms with Crippen molar-refractivity contribution in [2.45, 2.75) is 19.3 Å². The first-order chi connectivity index (χ1) is 9.02. The fourth-order valence-electron chi connectivity index (χ4n) is 1.36. The zero-order valence-electron chi connectivity index (χ0n) is 10.4. The van der Waals surface area contributed by atoms with Gasteiger partial charge in [-0.15, -0.1) is 0 Å². The summed E-state index contributed by atoms with van der Waals surface area (Å²) in [5.74, 6) is 3.28. The third kappa shape index (κ3) is 5.21. The van der Waals surface area contributed by atoms with Crippen LogP contribution in [-0.4, -0.2) is 24.2 Å². The minimum absolute atomic E-state index is 0.0567. The SMILES string of the molecule is COC(=O)CC#Cc1ccc(CCC(=O)O)c(F)c1. The third-order valence-electron chi connectivity index (χ3n) is 2.35. The Morgan fingerprint density at radius 3 is 2.74 bits per heavy atom. The number of hydrogen-bond donors (Lipinski definition) is 1. The van der Waals surface area contributed by atoms with E-state index in [2.05, 4.69) is 16.6 Å². The lowest BCUT2D eigenvalue weighted by molar-refractivity contribution is -0.139. The molecule has 1 rings (SSSR count). The highest BCUT2D eigenvalue weighted by Crippen LogP contribution is 2.12. The van der Waals surface area contributed by atoms with E-state index < -0.39 is 17.8 Å².